The maximum atomic E-state index is 2.39. The van der Waals surface area contributed by atoms with Gasteiger partial charge in [0.15, 0.2) is 0 Å². The maximum Gasteiger partial charge on any atom is -0.0277 e. The van der Waals surface area contributed by atoms with Crippen molar-refractivity contribution in [3.05, 3.63) is 0 Å². The van der Waals surface area contributed by atoms with Gasteiger partial charge in [-0.1, -0.05) is 184 Å². The third-order valence-corrected chi connectivity index (χ3v) is 9.35. The van der Waals surface area contributed by atoms with Crippen molar-refractivity contribution in [1.82, 2.24) is 0 Å². The summed E-state index contributed by atoms with van der Waals surface area (Å²) >= 11 is 0. The van der Waals surface area contributed by atoms with Crippen LogP contribution >= 0.6 is 0 Å². The quantitative estimate of drug-likeness (QED) is 0.195. The van der Waals surface area contributed by atoms with E-state index in [4.69, 9.17) is 0 Å². The number of hydrogen-bond donors (Lipinski definition) is 0. The van der Waals surface area contributed by atoms with Crippen molar-refractivity contribution in [2.24, 2.45) is 63.6 Å². The number of hydrogen-bond acceptors (Lipinski definition) is 0. The van der Waals surface area contributed by atoms with Gasteiger partial charge in [0, 0.05) is 0 Å². The SMILES string of the molecule is CC(C)C(C)(C)C(C)(C)C(C)C.CC(C)CC(C)(C)CC(C)C.CC(C)CCC(C)C.CC(C)CCCC(C)C. The molecule has 0 heteroatoms. The summed E-state index contributed by atoms with van der Waals surface area (Å²) in [5, 5.41) is 0. The Morgan fingerprint density at radius 3 is 0.700 bits per heavy atom. The van der Waals surface area contributed by atoms with Gasteiger partial charge in [0.05, 0.1) is 0 Å². The topological polar surface area (TPSA) is 0 Å². The van der Waals surface area contributed by atoms with Gasteiger partial charge in [0.25, 0.3) is 0 Å². The summed E-state index contributed by atoms with van der Waals surface area (Å²) < 4.78 is 0. The first-order valence-corrected chi connectivity index (χ1v) is 17.7. The molecule has 0 unspecified atom stereocenters. The molecule has 0 rings (SSSR count). The van der Waals surface area contributed by atoms with E-state index in [9.17, 15) is 0 Å². The molecule has 0 aromatic carbocycles. The van der Waals surface area contributed by atoms with Gasteiger partial charge in [0.2, 0.25) is 0 Å². The Labute approximate surface area is 260 Å². The fraction of sp³-hybridized carbons (Fsp3) is 1.00. The molecule has 248 valence electrons. The van der Waals surface area contributed by atoms with Crippen LogP contribution in [0.1, 0.15) is 197 Å². The van der Waals surface area contributed by atoms with Crippen LogP contribution in [0.15, 0.2) is 0 Å². The Bertz CT molecular complexity index is 476. The van der Waals surface area contributed by atoms with Crippen LogP contribution in [0, 0.1) is 63.6 Å². The van der Waals surface area contributed by atoms with E-state index in [2.05, 4.69) is 152 Å². The minimum absolute atomic E-state index is 0.418. The van der Waals surface area contributed by atoms with Crippen molar-refractivity contribution in [2.45, 2.75) is 197 Å². The number of rotatable bonds is 14. The molecule has 0 atom stereocenters. The molecule has 0 aliphatic rings. The fourth-order valence-corrected chi connectivity index (χ4v) is 5.38. The highest BCUT2D eigenvalue weighted by Gasteiger charge is 2.41. The molecule has 0 heterocycles. The molecule has 0 aliphatic carbocycles. The van der Waals surface area contributed by atoms with Gasteiger partial charge in [-0.05, 0) is 76.4 Å². The second-order valence-electron chi connectivity index (χ2n) is 18.2. The summed E-state index contributed by atoms with van der Waals surface area (Å²) in [7, 11) is 0. The van der Waals surface area contributed by atoms with E-state index < -0.39 is 0 Å². The monoisotopic (exact) mass is 569 g/mol. The molecule has 0 saturated carbocycles. The van der Waals surface area contributed by atoms with E-state index in [1.807, 2.05) is 0 Å². The molecule has 0 bridgehead atoms. The molecule has 0 radical (unpaired) electrons. The van der Waals surface area contributed by atoms with Crippen molar-refractivity contribution < 1.29 is 0 Å². The largest absolute Gasteiger partial charge is 0.0628 e. The van der Waals surface area contributed by atoms with Gasteiger partial charge in [0.1, 0.15) is 0 Å². The lowest BCUT2D eigenvalue weighted by Crippen LogP contribution is -2.40. The molecular formula is C40H88. The van der Waals surface area contributed by atoms with Gasteiger partial charge in [-0.3, -0.25) is 0 Å². The predicted molar refractivity (Wildman–Crippen MR) is 192 cm³/mol. The van der Waals surface area contributed by atoms with Gasteiger partial charge in [-0.25, -0.2) is 0 Å². The van der Waals surface area contributed by atoms with E-state index in [1.54, 1.807) is 0 Å². The van der Waals surface area contributed by atoms with E-state index in [-0.39, 0.29) is 0 Å². The zero-order valence-electron chi connectivity index (χ0n) is 33.1. The second-order valence-corrected chi connectivity index (χ2v) is 18.2. The minimum Gasteiger partial charge on any atom is -0.0628 e. The molecular weight excluding hydrogens is 480 g/mol. The highest BCUT2D eigenvalue weighted by atomic mass is 14.5. The van der Waals surface area contributed by atoms with Crippen molar-refractivity contribution in [2.75, 3.05) is 0 Å². The Morgan fingerprint density at radius 2 is 0.550 bits per heavy atom. The Hall–Kier alpha value is 0. The third kappa shape index (κ3) is 29.5. The van der Waals surface area contributed by atoms with E-state index in [1.165, 1.54) is 44.9 Å². The van der Waals surface area contributed by atoms with Gasteiger partial charge in [-0.15, -0.1) is 0 Å². The standard InChI is InChI=1S/C12H26.C11H24.C9H20.C8H18/c1-9(2)11(5,6)12(7,8)10(3)4;1-9(2)7-11(5,6)8-10(3)4;1-8(2)6-5-7-9(3)4;1-7(2)5-6-8(3)4/h9-10H,1-8H3;9-10H,7-8H2,1-6H3;8-9H,5-7H2,1-4H3;7-8H,5-6H2,1-4H3. The van der Waals surface area contributed by atoms with E-state index in [0.29, 0.717) is 16.2 Å². The second kappa shape index (κ2) is 23.5. The first kappa shape index (κ1) is 46.9. The lowest BCUT2D eigenvalue weighted by molar-refractivity contribution is 0.0135. The predicted octanol–water partition coefficient (Wildman–Crippen LogP) is 15.0. The van der Waals surface area contributed by atoms with Crippen LogP contribution in [0.5, 0.6) is 0 Å². The molecule has 0 spiro atoms. The van der Waals surface area contributed by atoms with Crippen LogP contribution in [0.3, 0.4) is 0 Å². The summed E-state index contributed by atoms with van der Waals surface area (Å²) in [6, 6.07) is 0. The Morgan fingerprint density at radius 1 is 0.325 bits per heavy atom. The first-order valence-electron chi connectivity index (χ1n) is 17.7. The molecule has 0 fully saturated rings. The van der Waals surface area contributed by atoms with Gasteiger partial charge in [-0.2, -0.15) is 0 Å². The van der Waals surface area contributed by atoms with Crippen LogP contribution < -0.4 is 0 Å². The molecule has 0 N–H and O–H groups in total. The molecule has 0 aliphatic heterocycles. The zero-order valence-corrected chi connectivity index (χ0v) is 33.1. The van der Waals surface area contributed by atoms with E-state index >= 15 is 0 Å². The average molecular weight is 569 g/mol. The molecule has 0 nitrogen and oxygen atoms in total. The van der Waals surface area contributed by atoms with E-state index in [0.717, 1.165) is 47.3 Å². The summed E-state index contributed by atoms with van der Waals surface area (Å²) in [5.41, 5.74) is 1.38. The smallest absolute Gasteiger partial charge is 0.0277 e. The van der Waals surface area contributed by atoms with Crippen molar-refractivity contribution in [3.8, 4) is 0 Å². The van der Waals surface area contributed by atoms with Crippen LogP contribution in [0.25, 0.3) is 0 Å². The lowest BCUT2D eigenvalue weighted by Gasteiger charge is -2.48. The first-order chi connectivity index (χ1) is 17.7. The van der Waals surface area contributed by atoms with Crippen molar-refractivity contribution in [1.29, 1.82) is 0 Å². The summed E-state index contributed by atoms with van der Waals surface area (Å²) in [4.78, 5) is 0. The molecule has 0 aromatic rings. The van der Waals surface area contributed by atoms with Crippen molar-refractivity contribution in [3.63, 3.8) is 0 Å². The Kier molecular flexibility index (Phi) is 27.5. The highest BCUT2D eigenvalue weighted by molar-refractivity contribution is 4.90. The van der Waals surface area contributed by atoms with Gasteiger partial charge < -0.3 is 0 Å². The van der Waals surface area contributed by atoms with Crippen molar-refractivity contribution >= 4 is 0 Å². The van der Waals surface area contributed by atoms with Crippen LogP contribution in [-0.4, -0.2) is 0 Å². The molecule has 0 amide bonds. The minimum atomic E-state index is 0.418. The van der Waals surface area contributed by atoms with Crippen LogP contribution in [-0.2, 0) is 0 Å². The molecule has 40 heavy (non-hydrogen) atoms. The van der Waals surface area contributed by atoms with Crippen LogP contribution in [0.2, 0.25) is 0 Å². The summed E-state index contributed by atoms with van der Waals surface area (Å²) in [6.45, 7) is 51.1. The molecule has 0 aromatic heterocycles. The Balaban J connectivity index is -0.000000219. The zero-order chi connectivity index (χ0) is 33.1. The summed E-state index contributed by atoms with van der Waals surface area (Å²) in [5.74, 6) is 6.72. The maximum absolute atomic E-state index is 2.39. The summed E-state index contributed by atoms with van der Waals surface area (Å²) in [6.07, 6.45) is 9.69. The van der Waals surface area contributed by atoms with Gasteiger partial charge >= 0.3 is 0 Å². The van der Waals surface area contributed by atoms with Crippen LogP contribution in [0.4, 0.5) is 0 Å². The fourth-order valence-electron chi connectivity index (χ4n) is 5.38. The molecule has 0 saturated heterocycles. The highest BCUT2D eigenvalue weighted by Crippen LogP contribution is 2.48. The average Bonchev–Trinajstić information content (AvgIpc) is 2.70. The normalized spacial score (nSPS) is 12.8. The lowest BCUT2D eigenvalue weighted by atomic mass is 9.57. The third-order valence-electron chi connectivity index (χ3n) is 9.35.